The number of nitrogens with one attached hydrogen (secondary N) is 1. The normalized spacial score (nSPS) is 15.1. The zero-order valence-corrected chi connectivity index (χ0v) is 16.2. The number of aromatic hydroxyl groups is 1. The highest BCUT2D eigenvalue weighted by molar-refractivity contribution is 7.14. The molecule has 2 N–H and O–H groups in total. The standard InChI is InChI=1S/C21H22N4O2S/c26-20-7-6-16(14-25-8-10-27-11-9-25)12-18(20)13-22-24-21-23-19(15-28-21)17-4-2-1-3-5-17/h1-7,12-13,15,26H,8-11,14H2,(H,23,24). The molecule has 0 bridgehead atoms. The van der Waals surface area contributed by atoms with E-state index in [-0.39, 0.29) is 5.75 Å². The van der Waals surface area contributed by atoms with Crippen molar-refractivity contribution in [1.82, 2.24) is 9.88 Å². The molecule has 4 rings (SSSR count). The Bertz CT molecular complexity index is 937. The maximum absolute atomic E-state index is 10.1. The van der Waals surface area contributed by atoms with Gasteiger partial charge in [0.05, 0.1) is 25.1 Å². The maximum atomic E-state index is 10.1. The molecule has 0 radical (unpaired) electrons. The van der Waals surface area contributed by atoms with Gasteiger partial charge >= 0.3 is 0 Å². The molecule has 144 valence electrons. The summed E-state index contributed by atoms with van der Waals surface area (Å²) in [5.74, 6) is 0.209. The molecule has 28 heavy (non-hydrogen) atoms. The van der Waals surface area contributed by atoms with E-state index in [1.165, 1.54) is 11.3 Å². The van der Waals surface area contributed by atoms with E-state index in [4.69, 9.17) is 4.74 Å². The highest BCUT2D eigenvalue weighted by Gasteiger charge is 2.11. The number of hydrazone groups is 1. The highest BCUT2D eigenvalue weighted by Crippen LogP contribution is 2.24. The van der Waals surface area contributed by atoms with Crippen LogP contribution >= 0.6 is 11.3 Å². The van der Waals surface area contributed by atoms with Gasteiger partial charge in [0.1, 0.15) is 5.75 Å². The molecule has 0 unspecified atom stereocenters. The van der Waals surface area contributed by atoms with Crippen LogP contribution < -0.4 is 5.43 Å². The summed E-state index contributed by atoms with van der Waals surface area (Å²) in [7, 11) is 0. The monoisotopic (exact) mass is 394 g/mol. The molecule has 2 heterocycles. The molecule has 1 aliphatic rings. The van der Waals surface area contributed by atoms with E-state index in [9.17, 15) is 5.11 Å². The number of anilines is 1. The molecular weight excluding hydrogens is 372 g/mol. The topological polar surface area (TPSA) is 70.0 Å². The smallest absolute Gasteiger partial charge is 0.203 e. The number of benzene rings is 2. The second-order valence-corrected chi connectivity index (χ2v) is 7.41. The van der Waals surface area contributed by atoms with E-state index in [2.05, 4.69) is 20.4 Å². The SMILES string of the molecule is Oc1ccc(CN2CCOCC2)cc1C=NNc1nc(-c2ccccc2)cs1. The van der Waals surface area contributed by atoms with Crippen LogP contribution in [0.15, 0.2) is 59.0 Å². The average Bonchev–Trinajstić information content (AvgIpc) is 3.21. The van der Waals surface area contributed by atoms with Gasteiger partial charge in [0.2, 0.25) is 5.13 Å². The largest absolute Gasteiger partial charge is 0.507 e. The Labute approximate surface area is 168 Å². The Kier molecular flexibility index (Phi) is 5.96. The molecule has 0 atom stereocenters. The number of ether oxygens (including phenoxy) is 1. The van der Waals surface area contributed by atoms with Crippen LogP contribution in [-0.2, 0) is 11.3 Å². The zero-order chi connectivity index (χ0) is 19.2. The van der Waals surface area contributed by atoms with Crippen LogP contribution in [0.5, 0.6) is 5.75 Å². The van der Waals surface area contributed by atoms with Crippen molar-refractivity contribution in [3.05, 3.63) is 65.0 Å². The minimum absolute atomic E-state index is 0.209. The van der Waals surface area contributed by atoms with Crippen molar-refractivity contribution >= 4 is 22.7 Å². The fourth-order valence-corrected chi connectivity index (χ4v) is 3.72. The molecule has 2 aromatic carbocycles. The lowest BCUT2D eigenvalue weighted by molar-refractivity contribution is 0.0342. The van der Waals surface area contributed by atoms with Crippen molar-refractivity contribution in [1.29, 1.82) is 0 Å². The first-order valence-electron chi connectivity index (χ1n) is 9.20. The van der Waals surface area contributed by atoms with Gasteiger partial charge in [-0.05, 0) is 17.7 Å². The van der Waals surface area contributed by atoms with Crippen molar-refractivity contribution in [3.8, 4) is 17.0 Å². The molecule has 0 aliphatic carbocycles. The van der Waals surface area contributed by atoms with Crippen molar-refractivity contribution in [3.63, 3.8) is 0 Å². The van der Waals surface area contributed by atoms with Gasteiger partial charge in [-0.25, -0.2) is 4.98 Å². The second kappa shape index (κ2) is 8.97. The Morgan fingerprint density at radius 3 is 2.82 bits per heavy atom. The van der Waals surface area contributed by atoms with Gasteiger partial charge in [-0.2, -0.15) is 5.10 Å². The third kappa shape index (κ3) is 4.75. The van der Waals surface area contributed by atoms with Gasteiger partial charge in [0, 0.05) is 36.1 Å². The number of thiazole rings is 1. The van der Waals surface area contributed by atoms with Gasteiger partial charge in [-0.3, -0.25) is 10.3 Å². The van der Waals surface area contributed by atoms with Gasteiger partial charge in [-0.15, -0.1) is 11.3 Å². The summed E-state index contributed by atoms with van der Waals surface area (Å²) in [6, 6.07) is 15.7. The molecule has 1 fully saturated rings. The first-order valence-corrected chi connectivity index (χ1v) is 10.1. The number of rotatable bonds is 6. The van der Waals surface area contributed by atoms with E-state index >= 15 is 0 Å². The van der Waals surface area contributed by atoms with E-state index < -0.39 is 0 Å². The van der Waals surface area contributed by atoms with E-state index in [1.54, 1.807) is 12.3 Å². The summed E-state index contributed by atoms with van der Waals surface area (Å²) in [6.45, 7) is 4.24. The van der Waals surface area contributed by atoms with Gasteiger partial charge < -0.3 is 9.84 Å². The molecule has 1 saturated heterocycles. The summed E-state index contributed by atoms with van der Waals surface area (Å²) in [5.41, 5.74) is 6.76. The first-order chi connectivity index (χ1) is 13.8. The second-order valence-electron chi connectivity index (χ2n) is 6.56. The summed E-state index contributed by atoms with van der Waals surface area (Å²) in [5, 5.41) is 17.1. The number of nitrogens with zero attached hydrogens (tertiary/aromatic N) is 3. The van der Waals surface area contributed by atoms with Crippen LogP contribution in [0.1, 0.15) is 11.1 Å². The van der Waals surface area contributed by atoms with Crippen molar-refractivity contribution < 1.29 is 9.84 Å². The Hall–Kier alpha value is -2.74. The first kappa shape index (κ1) is 18.6. The number of phenols is 1. The van der Waals surface area contributed by atoms with Crippen LogP contribution in [0.25, 0.3) is 11.3 Å². The molecule has 1 aromatic heterocycles. The molecule has 7 heteroatoms. The number of hydrogen-bond acceptors (Lipinski definition) is 7. The van der Waals surface area contributed by atoms with Gasteiger partial charge in [0.25, 0.3) is 0 Å². The number of phenolic OH excluding ortho intramolecular Hbond substituents is 1. The lowest BCUT2D eigenvalue weighted by Gasteiger charge is -2.26. The zero-order valence-electron chi connectivity index (χ0n) is 15.4. The summed E-state index contributed by atoms with van der Waals surface area (Å²) >= 11 is 1.49. The fraction of sp³-hybridized carbons (Fsp3) is 0.238. The van der Waals surface area contributed by atoms with E-state index in [0.29, 0.717) is 10.7 Å². The fourth-order valence-electron chi connectivity index (χ4n) is 3.05. The van der Waals surface area contributed by atoms with Gasteiger partial charge in [-0.1, -0.05) is 36.4 Å². The highest BCUT2D eigenvalue weighted by atomic mass is 32.1. The Morgan fingerprint density at radius 1 is 1.18 bits per heavy atom. The molecule has 3 aromatic rings. The average molecular weight is 395 g/mol. The third-order valence-corrected chi connectivity index (χ3v) is 5.29. The Morgan fingerprint density at radius 2 is 2.00 bits per heavy atom. The lowest BCUT2D eigenvalue weighted by atomic mass is 10.1. The predicted octanol–water partition coefficient (Wildman–Crippen LogP) is 3.79. The maximum Gasteiger partial charge on any atom is 0.203 e. The van der Waals surface area contributed by atoms with Crippen molar-refractivity contribution in [2.24, 2.45) is 5.10 Å². The number of aromatic nitrogens is 1. The molecule has 1 aliphatic heterocycles. The molecule has 6 nitrogen and oxygen atoms in total. The summed E-state index contributed by atoms with van der Waals surface area (Å²) < 4.78 is 5.39. The van der Waals surface area contributed by atoms with E-state index in [0.717, 1.165) is 49.7 Å². The lowest BCUT2D eigenvalue weighted by Crippen LogP contribution is -2.35. The van der Waals surface area contributed by atoms with Crippen LogP contribution in [-0.4, -0.2) is 47.5 Å². The molecule has 0 saturated carbocycles. The van der Waals surface area contributed by atoms with Crippen molar-refractivity contribution in [2.45, 2.75) is 6.54 Å². The predicted molar refractivity (Wildman–Crippen MR) is 113 cm³/mol. The summed E-state index contributed by atoms with van der Waals surface area (Å²) in [6.07, 6.45) is 1.63. The van der Waals surface area contributed by atoms with Crippen molar-refractivity contribution in [2.75, 3.05) is 31.7 Å². The minimum atomic E-state index is 0.209. The molecular formula is C21H22N4O2S. The molecule has 0 amide bonds. The summed E-state index contributed by atoms with van der Waals surface area (Å²) in [4.78, 5) is 6.88. The Balaban J connectivity index is 1.40. The number of morpholine rings is 1. The van der Waals surface area contributed by atoms with Crippen LogP contribution in [0, 0.1) is 0 Å². The van der Waals surface area contributed by atoms with Crippen LogP contribution in [0.4, 0.5) is 5.13 Å². The number of hydrogen-bond donors (Lipinski definition) is 2. The van der Waals surface area contributed by atoms with Crippen LogP contribution in [0.2, 0.25) is 0 Å². The third-order valence-electron chi connectivity index (χ3n) is 4.54. The molecule has 0 spiro atoms. The quantitative estimate of drug-likeness (QED) is 0.492. The minimum Gasteiger partial charge on any atom is -0.507 e. The van der Waals surface area contributed by atoms with Crippen LogP contribution in [0.3, 0.4) is 0 Å². The van der Waals surface area contributed by atoms with Gasteiger partial charge in [0.15, 0.2) is 0 Å². The van der Waals surface area contributed by atoms with E-state index in [1.807, 2.05) is 47.8 Å².